The molecule has 0 radical (unpaired) electrons. The van der Waals surface area contributed by atoms with Crippen LogP contribution in [0.4, 0.5) is 13.2 Å². The number of carbonyl (C=O) groups is 1. The van der Waals surface area contributed by atoms with E-state index in [2.05, 4.69) is 18.9 Å². The lowest BCUT2D eigenvalue weighted by molar-refractivity contribution is -0.142. The molecule has 1 aromatic rings. The molecule has 0 amide bonds. The largest absolute Gasteiger partial charge is 0.435 e. The van der Waals surface area contributed by atoms with Crippen molar-refractivity contribution in [2.24, 2.45) is 58.7 Å². The second-order valence-corrected chi connectivity index (χ2v) is 12.2. The topological polar surface area (TPSA) is 34.9 Å². The van der Waals surface area contributed by atoms with Gasteiger partial charge in [-0.2, -0.15) is 18.3 Å². The first-order chi connectivity index (χ1) is 15.2. The molecule has 1 aromatic heterocycles. The molecule has 32 heavy (non-hydrogen) atoms. The van der Waals surface area contributed by atoms with Crippen LogP contribution in [0.25, 0.3) is 0 Å². The highest BCUT2D eigenvalue weighted by molar-refractivity contribution is 5.83. The third kappa shape index (κ3) is 3.14. The molecule has 3 nitrogen and oxygen atoms in total. The molecule has 5 saturated carbocycles. The molecule has 5 fully saturated rings. The van der Waals surface area contributed by atoms with E-state index < -0.39 is 11.9 Å². The zero-order chi connectivity index (χ0) is 22.4. The molecular formula is C26H35F3N2O. The van der Waals surface area contributed by atoms with Gasteiger partial charge >= 0.3 is 6.18 Å². The van der Waals surface area contributed by atoms with E-state index >= 15 is 0 Å². The minimum Gasteiger partial charge on any atom is -0.297 e. The van der Waals surface area contributed by atoms with E-state index in [-0.39, 0.29) is 23.7 Å². The number of alkyl halides is 3. The lowest BCUT2D eigenvalue weighted by Crippen LogP contribution is -2.51. The number of ketones is 1. The molecule has 4 unspecified atom stereocenters. The van der Waals surface area contributed by atoms with Crippen LogP contribution in [0, 0.1) is 58.7 Å². The van der Waals surface area contributed by atoms with Gasteiger partial charge in [-0.3, -0.25) is 9.48 Å². The van der Waals surface area contributed by atoms with Crippen molar-refractivity contribution in [2.45, 2.75) is 77.9 Å². The number of hydrogen-bond acceptors (Lipinski definition) is 2. The normalized spacial score (nSPS) is 47.2. The monoisotopic (exact) mass is 448 g/mol. The van der Waals surface area contributed by atoms with Gasteiger partial charge in [0, 0.05) is 12.1 Å². The van der Waals surface area contributed by atoms with Crippen molar-refractivity contribution in [3.05, 3.63) is 18.0 Å². The standard InChI is InChI=1S/C26H35F3N2O/c1-14-3-5-16-15(11-14)4-6-18-17(16)7-9-25(2)23(18)19-12-20(19)24(25)21(32)13-31-10-8-22(30-31)26(27,28)29/h8,10,14-20,23-24H,3-7,9,11-13H2,1-2H3/t14-,15?,16?,17+,18?,19+,20-,23?,24+,25-/m0/s1. The summed E-state index contributed by atoms with van der Waals surface area (Å²) in [6, 6.07) is 0.973. The smallest absolute Gasteiger partial charge is 0.297 e. The van der Waals surface area contributed by atoms with Gasteiger partial charge in [0.15, 0.2) is 11.5 Å². The van der Waals surface area contributed by atoms with Crippen LogP contribution in [0.2, 0.25) is 0 Å². The number of carbonyl (C=O) groups excluding carboxylic acids is 1. The van der Waals surface area contributed by atoms with E-state index in [1.165, 1.54) is 49.4 Å². The van der Waals surface area contributed by atoms with Crippen LogP contribution in [0.5, 0.6) is 0 Å². The molecule has 5 aliphatic carbocycles. The highest BCUT2D eigenvalue weighted by Gasteiger charge is 2.70. The molecule has 0 saturated heterocycles. The quantitative estimate of drug-likeness (QED) is 0.549. The number of aromatic nitrogens is 2. The zero-order valence-electron chi connectivity index (χ0n) is 19.2. The second kappa shape index (κ2) is 7.09. The maximum atomic E-state index is 13.5. The Morgan fingerprint density at radius 3 is 2.59 bits per heavy atom. The summed E-state index contributed by atoms with van der Waals surface area (Å²) in [4.78, 5) is 13.5. The third-order valence-electron chi connectivity index (χ3n) is 10.6. The minimum atomic E-state index is -4.46. The SMILES string of the molecule is C[C@H]1CCC2C(CCC3C4[C@@H]5C[C@@H]5[C@H](C(=O)Cn5ccc(C(F)(F)F)n5)[C@@]4(C)CC[C@H]23)C1. The average molecular weight is 449 g/mol. The van der Waals surface area contributed by atoms with Crippen LogP contribution in [0.15, 0.2) is 12.3 Å². The average Bonchev–Trinajstić information content (AvgIpc) is 3.20. The summed E-state index contributed by atoms with van der Waals surface area (Å²) in [5, 5.41) is 3.65. The first-order valence-electron chi connectivity index (χ1n) is 12.8. The van der Waals surface area contributed by atoms with Crippen molar-refractivity contribution in [1.82, 2.24) is 9.78 Å². The maximum absolute atomic E-state index is 13.5. The predicted molar refractivity (Wildman–Crippen MR) is 114 cm³/mol. The Labute approximate surface area is 188 Å². The highest BCUT2D eigenvalue weighted by atomic mass is 19.4. The molecule has 0 aliphatic heterocycles. The van der Waals surface area contributed by atoms with Gasteiger partial charge in [-0.25, -0.2) is 0 Å². The lowest BCUT2D eigenvalue weighted by atomic mass is 9.48. The lowest BCUT2D eigenvalue weighted by Gasteiger charge is -2.57. The van der Waals surface area contributed by atoms with E-state index in [9.17, 15) is 18.0 Å². The fraction of sp³-hybridized carbons (Fsp3) is 0.846. The molecule has 0 aromatic carbocycles. The molecule has 5 aliphatic rings. The van der Waals surface area contributed by atoms with Crippen molar-refractivity contribution >= 4 is 5.78 Å². The Hall–Kier alpha value is -1.33. The first-order valence-corrected chi connectivity index (χ1v) is 12.8. The Bertz CT molecular complexity index is 909. The third-order valence-corrected chi connectivity index (χ3v) is 10.6. The molecule has 0 N–H and O–H groups in total. The van der Waals surface area contributed by atoms with E-state index in [1.807, 2.05) is 0 Å². The molecular weight excluding hydrogens is 413 g/mol. The van der Waals surface area contributed by atoms with Crippen LogP contribution in [0.3, 0.4) is 0 Å². The molecule has 0 bridgehead atoms. The van der Waals surface area contributed by atoms with Crippen molar-refractivity contribution in [3.63, 3.8) is 0 Å². The number of hydrogen-bond donors (Lipinski definition) is 0. The summed E-state index contributed by atoms with van der Waals surface area (Å²) in [5.41, 5.74) is -0.884. The summed E-state index contributed by atoms with van der Waals surface area (Å²) < 4.78 is 40.0. The fourth-order valence-electron chi connectivity index (χ4n) is 9.52. The Balaban J connectivity index is 1.21. The van der Waals surface area contributed by atoms with Crippen molar-refractivity contribution in [1.29, 1.82) is 0 Å². The second-order valence-electron chi connectivity index (χ2n) is 12.2. The summed E-state index contributed by atoms with van der Waals surface area (Å²) in [6.07, 6.45) is 7.24. The summed E-state index contributed by atoms with van der Waals surface area (Å²) in [6.45, 7) is 4.74. The summed E-state index contributed by atoms with van der Waals surface area (Å²) >= 11 is 0. The zero-order valence-corrected chi connectivity index (χ0v) is 19.2. The molecule has 6 rings (SSSR count). The van der Waals surface area contributed by atoms with Crippen LogP contribution in [-0.4, -0.2) is 15.6 Å². The predicted octanol–water partition coefficient (Wildman–Crippen LogP) is 6.23. The number of nitrogens with zero attached hydrogens (tertiary/aromatic N) is 2. The van der Waals surface area contributed by atoms with Crippen molar-refractivity contribution in [2.75, 3.05) is 0 Å². The van der Waals surface area contributed by atoms with Gasteiger partial charge in [0.1, 0.15) is 0 Å². The van der Waals surface area contributed by atoms with E-state index in [0.717, 1.165) is 48.5 Å². The number of rotatable bonds is 3. The number of Topliss-reactive ketones (excluding diaryl/α,β-unsaturated/α-hetero) is 1. The molecule has 1 heterocycles. The van der Waals surface area contributed by atoms with Crippen LogP contribution >= 0.6 is 0 Å². The maximum Gasteiger partial charge on any atom is 0.435 e. The van der Waals surface area contributed by atoms with Gasteiger partial charge in [-0.1, -0.05) is 20.3 Å². The molecule has 0 spiro atoms. The van der Waals surface area contributed by atoms with E-state index in [4.69, 9.17) is 0 Å². The van der Waals surface area contributed by atoms with Crippen LogP contribution in [0.1, 0.15) is 70.9 Å². The summed E-state index contributed by atoms with van der Waals surface area (Å²) in [7, 11) is 0. The Morgan fingerprint density at radius 1 is 1.06 bits per heavy atom. The molecule has 6 heteroatoms. The Kier molecular flexibility index (Phi) is 4.70. The van der Waals surface area contributed by atoms with Gasteiger partial charge in [0.2, 0.25) is 0 Å². The van der Waals surface area contributed by atoms with Crippen molar-refractivity contribution in [3.8, 4) is 0 Å². The van der Waals surface area contributed by atoms with Crippen LogP contribution in [-0.2, 0) is 17.5 Å². The van der Waals surface area contributed by atoms with Gasteiger partial charge in [0.05, 0.1) is 6.54 Å². The fourth-order valence-corrected chi connectivity index (χ4v) is 9.52. The minimum absolute atomic E-state index is 0.00101. The van der Waals surface area contributed by atoms with Crippen LogP contribution < -0.4 is 0 Å². The molecule has 176 valence electrons. The van der Waals surface area contributed by atoms with Gasteiger partial charge in [-0.05, 0) is 104 Å². The summed E-state index contributed by atoms with van der Waals surface area (Å²) in [5.74, 6) is 6.17. The van der Waals surface area contributed by atoms with Gasteiger partial charge in [-0.15, -0.1) is 0 Å². The Morgan fingerprint density at radius 2 is 1.84 bits per heavy atom. The highest BCUT2D eigenvalue weighted by Crippen LogP contribution is 2.74. The van der Waals surface area contributed by atoms with E-state index in [1.54, 1.807) is 0 Å². The first kappa shape index (κ1) is 21.2. The van der Waals surface area contributed by atoms with Gasteiger partial charge < -0.3 is 0 Å². The number of halogens is 3. The van der Waals surface area contributed by atoms with Crippen molar-refractivity contribution < 1.29 is 18.0 Å². The van der Waals surface area contributed by atoms with Gasteiger partial charge in [0.25, 0.3) is 0 Å². The number of fused-ring (bicyclic) bond motifs is 7. The molecule has 10 atom stereocenters. The van der Waals surface area contributed by atoms with E-state index in [0.29, 0.717) is 17.8 Å².